The molecule has 1 aliphatic rings. The molecule has 0 atom stereocenters. The minimum Gasteiger partial charge on any atom is -0.368 e. The predicted molar refractivity (Wildman–Crippen MR) is 97.8 cm³/mol. The number of aryl methyl sites for hydroxylation is 3. The molecular formula is C19H24N4O2. The fraction of sp³-hybridized carbons (Fsp3) is 0.421. The average molecular weight is 340 g/mol. The molecule has 6 heteroatoms. The van der Waals surface area contributed by atoms with Crippen molar-refractivity contribution in [2.24, 2.45) is 0 Å². The normalized spacial score (nSPS) is 14.6. The van der Waals surface area contributed by atoms with Crippen LogP contribution < -0.4 is 10.5 Å². The molecule has 1 fully saturated rings. The molecule has 3 heterocycles. The molecule has 3 rings (SSSR count). The molecule has 2 aromatic heterocycles. The van der Waals surface area contributed by atoms with E-state index in [1.165, 1.54) is 11.8 Å². The standard InChI is InChI=1S/C19H24N4O2/c1-15-13-17(14-16(2)20-15)21-9-11-23(12-10-21)19(25)6-8-22-7-4-3-5-18(22)24/h3-5,7,13-14H,6,8-12H2,1-2H3. The number of anilines is 1. The van der Waals surface area contributed by atoms with Crippen LogP contribution in [0.3, 0.4) is 0 Å². The monoisotopic (exact) mass is 340 g/mol. The second-order valence-corrected chi connectivity index (χ2v) is 6.46. The van der Waals surface area contributed by atoms with E-state index in [1.54, 1.807) is 16.8 Å². The number of nitrogens with zero attached hydrogens (tertiary/aromatic N) is 4. The van der Waals surface area contributed by atoms with E-state index < -0.39 is 0 Å². The fourth-order valence-electron chi connectivity index (χ4n) is 3.23. The Morgan fingerprint density at radius 1 is 1.08 bits per heavy atom. The third-order valence-electron chi connectivity index (χ3n) is 4.53. The van der Waals surface area contributed by atoms with Crippen LogP contribution in [0.1, 0.15) is 17.8 Å². The van der Waals surface area contributed by atoms with Crippen molar-refractivity contribution in [3.8, 4) is 0 Å². The summed E-state index contributed by atoms with van der Waals surface area (Å²) in [5, 5.41) is 0. The van der Waals surface area contributed by atoms with Crippen LogP contribution in [0.25, 0.3) is 0 Å². The largest absolute Gasteiger partial charge is 0.368 e. The maximum Gasteiger partial charge on any atom is 0.250 e. The number of carbonyl (C=O) groups is 1. The minimum atomic E-state index is -0.0662. The van der Waals surface area contributed by atoms with Gasteiger partial charge in [-0.05, 0) is 32.0 Å². The number of hydrogen-bond acceptors (Lipinski definition) is 4. The van der Waals surface area contributed by atoms with Gasteiger partial charge in [-0.3, -0.25) is 14.6 Å². The van der Waals surface area contributed by atoms with Crippen LogP contribution in [0.4, 0.5) is 5.69 Å². The van der Waals surface area contributed by atoms with Crippen molar-refractivity contribution in [2.45, 2.75) is 26.8 Å². The van der Waals surface area contributed by atoms with Gasteiger partial charge in [-0.15, -0.1) is 0 Å². The summed E-state index contributed by atoms with van der Waals surface area (Å²) < 4.78 is 1.58. The number of pyridine rings is 2. The highest BCUT2D eigenvalue weighted by Gasteiger charge is 2.21. The number of aromatic nitrogens is 2. The first-order valence-corrected chi connectivity index (χ1v) is 8.66. The molecule has 0 bridgehead atoms. The lowest BCUT2D eigenvalue weighted by Gasteiger charge is -2.36. The Hall–Kier alpha value is -2.63. The molecule has 0 N–H and O–H groups in total. The predicted octanol–water partition coefficient (Wildman–Crippen LogP) is 1.60. The first-order chi connectivity index (χ1) is 12.0. The molecule has 0 aromatic carbocycles. The molecule has 2 aromatic rings. The van der Waals surface area contributed by atoms with Gasteiger partial charge in [-0.25, -0.2) is 0 Å². The van der Waals surface area contributed by atoms with E-state index in [4.69, 9.17) is 0 Å². The zero-order valence-electron chi connectivity index (χ0n) is 14.8. The molecule has 1 saturated heterocycles. The smallest absolute Gasteiger partial charge is 0.250 e. The number of piperazine rings is 1. The van der Waals surface area contributed by atoms with Crippen LogP contribution in [0.5, 0.6) is 0 Å². The van der Waals surface area contributed by atoms with E-state index in [-0.39, 0.29) is 11.5 Å². The summed E-state index contributed by atoms with van der Waals surface area (Å²) in [5.74, 6) is 0.109. The van der Waals surface area contributed by atoms with Gasteiger partial charge in [0.15, 0.2) is 0 Å². The van der Waals surface area contributed by atoms with Crippen molar-refractivity contribution in [1.29, 1.82) is 0 Å². The molecule has 0 aliphatic carbocycles. The van der Waals surface area contributed by atoms with Crippen LogP contribution in [0, 0.1) is 13.8 Å². The van der Waals surface area contributed by atoms with E-state index in [2.05, 4.69) is 22.0 Å². The van der Waals surface area contributed by atoms with E-state index in [1.807, 2.05) is 24.8 Å². The second-order valence-electron chi connectivity index (χ2n) is 6.46. The molecule has 0 unspecified atom stereocenters. The van der Waals surface area contributed by atoms with E-state index >= 15 is 0 Å². The summed E-state index contributed by atoms with van der Waals surface area (Å²) in [6, 6.07) is 9.21. The van der Waals surface area contributed by atoms with E-state index in [9.17, 15) is 9.59 Å². The summed E-state index contributed by atoms with van der Waals surface area (Å²) >= 11 is 0. The van der Waals surface area contributed by atoms with Gasteiger partial charge in [0.25, 0.3) is 5.56 Å². The molecular weight excluding hydrogens is 316 g/mol. The Kier molecular flexibility index (Phi) is 5.16. The zero-order valence-corrected chi connectivity index (χ0v) is 14.8. The van der Waals surface area contributed by atoms with Crippen LogP contribution in [-0.4, -0.2) is 46.5 Å². The van der Waals surface area contributed by atoms with E-state index in [0.29, 0.717) is 26.1 Å². The Morgan fingerprint density at radius 2 is 1.76 bits per heavy atom. The molecule has 0 saturated carbocycles. The molecule has 1 aliphatic heterocycles. The Balaban J connectivity index is 1.54. The SMILES string of the molecule is Cc1cc(N2CCN(C(=O)CCn3ccccc3=O)CC2)cc(C)n1. The Morgan fingerprint density at radius 3 is 2.40 bits per heavy atom. The first kappa shape index (κ1) is 17.2. The Labute approximate surface area is 147 Å². The zero-order chi connectivity index (χ0) is 17.8. The highest BCUT2D eigenvalue weighted by molar-refractivity contribution is 5.76. The molecule has 6 nitrogen and oxygen atoms in total. The van der Waals surface area contributed by atoms with Gasteiger partial charge >= 0.3 is 0 Å². The number of hydrogen-bond donors (Lipinski definition) is 0. The lowest BCUT2D eigenvalue weighted by molar-refractivity contribution is -0.131. The third kappa shape index (κ3) is 4.26. The minimum absolute atomic E-state index is 0.0662. The van der Waals surface area contributed by atoms with Gasteiger partial charge in [0.1, 0.15) is 0 Å². The maximum atomic E-state index is 12.4. The van der Waals surface area contributed by atoms with Crippen LogP contribution in [-0.2, 0) is 11.3 Å². The number of rotatable bonds is 4. The molecule has 1 amide bonds. The van der Waals surface area contributed by atoms with Crippen LogP contribution in [0.15, 0.2) is 41.3 Å². The summed E-state index contributed by atoms with van der Waals surface area (Å²) in [5.41, 5.74) is 3.14. The summed E-state index contributed by atoms with van der Waals surface area (Å²) in [4.78, 5) is 32.7. The average Bonchev–Trinajstić information content (AvgIpc) is 2.60. The first-order valence-electron chi connectivity index (χ1n) is 8.66. The summed E-state index contributed by atoms with van der Waals surface area (Å²) in [6.07, 6.45) is 2.08. The topological polar surface area (TPSA) is 58.4 Å². The van der Waals surface area contributed by atoms with Gasteiger partial charge in [0.05, 0.1) is 0 Å². The van der Waals surface area contributed by atoms with Crippen molar-refractivity contribution in [3.63, 3.8) is 0 Å². The molecule has 132 valence electrons. The third-order valence-corrected chi connectivity index (χ3v) is 4.53. The Bertz CT molecular complexity index is 787. The van der Waals surface area contributed by atoms with Gasteiger partial charge in [-0.1, -0.05) is 6.07 Å². The van der Waals surface area contributed by atoms with Gasteiger partial charge < -0.3 is 14.4 Å². The maximum absolute atomic E-state index is 12.4. The van der Waals surface area contributed by atoms with Crippen LogP contribution in [0.2, 0.25) is 0 Å². The molecule has 0 spiro atoms. The lowest BCUT2D eigenvalue weighted by atomic mass is 10.2. The highest BCUT2D eigenvalue weighted by Crippen LogP contribution is 2.18. The summed E-state index contributed by atoms with van der Waals surface area (Å²) in [7, 11) is 0. The second kappa shape index (κ2) is 7.51. The van der Waals surface area contributed by atoms with Crippen molar-refractivity contribution >= 4 is 11.6 Å². The van der Waals surface area contributed by atoms with Crippen molar-refractivity contribution < 1.29 is 4.79 Å². The highest BCUT2D eigenvalue weighted by atomic mass is 16.2. The van der Waals surface area contributed by atoms with Crippen molar-refractivity contribution in [1.82, 2.24) is 14.5 Å². The quantitative estimate of drug-likeness (QED) is 0.848. The van der Waals surface area contributed by atoms with Gasteiger partial charge in [0.2, 0.25) is 5.91 Å². The fourth-order valence-corrected chi connectivity index (χ4v) is 3.23. The lowest BCUT2D eigenvalue weighted by Crippen LogP contribution is -2.49. The van der Waals surface area contributed by atoms with Crippen LogP contribution >= 0.6 is 0 Å². The molecule has 25 heavy (non-hydrogen) atoms. The van der Waals surface area contributed by atoms with Crippen molar-refractivity contribution in [2.75, 3.05) is 31.1 Å². The van der Waals surface area contributed by atoms with Crippen molar-refractivity contribution in [3.05, 3.63) is 58.3 Å². The summed E-state index contributed by atoms with van der Waals surface area (Å²) in [6.45, 7) is 7.50. The van der Waals surface area contributed by atoms with Gasteiger partial charge in [0, 0.05) is 68.5 Å². The van der Waals surface area contributed by atoms with E-state index in [0.717, 1.165) is 24.5 Å². The number of carbonyl (C=O) groups excluding carboxylic acids is 1. The van der Waals surface area contributed by atoms with Gasteiger partial charge in [-0.2, -0.15) is 0 Å². The molecule has 0 radical (unpaired) electrons. The number of amides is 1.